The van der Waals surface area contributed by atoms with Crippen LogP contribution in [0.1, 0.15) is 32.4 Å². The Hall–Kier alpha value is -2.05. The minimum Gasteiger partial charge on any atom is -0.481 e. The zero-order valence-electron chi connectivity index (χ0n) is 11.8. The molecule has 0 bridgehead atoms. The lowest BCUT2D eigenvalue weighted by Crippen LogP contribution is -2.38. The third kappa shape index (κ3) is 6.77. The number of carbonyl (C=O) groups excluding carboxylic acids is 1. The van der Waals surface area contributed by atoms with Gasteiger partial charge in [-0.15, -0.1) is 0 Å². The van der Waals surface area contributed by atoms with Crippen LogP contribution in [0.5, 0.6) is 0 Å². The van der Waals surface area contributed by atoms with Crippen molar-refractivity contribution in [3.63, 3.8) is 0 Å². The van der Waals surface area contributed by atoms with Crippen LogP contribution in [0.25, 0.3) is 0 Å². The second-order valence-corrected chi connectivity index (χ2v) is 5.14. The quantitative estimate of drug-likeness (QED) is 0.672. The molecule has 7 nitrogen and oxygen atoms in total. The van der Waals surface area contributed by atoms with E-state index in [0.29, 0.717) is 18.2 Å². The predicted octanol–water partition coefficient (Wildman–Crippen LogP) is 1.61. The second-order valence-electron chi connectivity index (χ2n) is 5.14. The number of urea groups is 1. The molecule has 1 heterocycles. The van der Waals surface area contributed by atoms with E-state index < -0.39 is 5.97 Å². The fourth-order valence-electron chi connectivity index (χ4n) is 1.95. The summed E-state index contributed by atoms with van der Waals surface area (Å²) in [5.41, 5.74) is 0. The molecule has 1 aromatic heterocycles. The Kier molecular flexibility index (Phi) is 6.55. The molecule has 112 valence electrons. The van der Waals surface area contributed by atoms with E-state index >= 15 is 0 Å². The minimum absolute atomic E-state index is 0.0561. The van der Waals surface area contributed by atoms with E-state index in [1.54, 1.807) is 6.07 Å². The summed E-state index contributed by atoms with van der Waals surface area (Å²) in [7, 11) is 0. The monoisotopic (exact) mass is 283 g/mol. The Morgan fingerprint density at radius 2 is 2.15 bits per heavy atom. The number of rotatable bonds is 8. The van der Waals surface area contributed by atoms with Crippen LogP contribution in [-0.4, -0.2) is 28.8 Å². The minimum atomic E-state index is -0.848. The molecule has 1 rings (SSSR count). The molecule has 20 heavy (non-hydrogen) atoms. The van der Waals surface area contributed by atoms with Crippen molar-refractivity contribution in [2.75, 3.05) is 6.54 Å². The van der Waals surface area contributed by atoms with Crippen molar-refractivity contribution < 1.29 is 19.2 Å². The number of aromatic nitrogens is 1. The van der Waals surface area contributed by atoms with Gasteiger partial charge in [-0.1, -0.05) is 19.0 Å². The summed E-state index contributed by atoms with van der Waals surface area (Å²) in [6.07, 6.45) is 2.32. The van der Waals surface area contributed by atoms with Gasteiger partial charge in [0, 0.05) is 19.0 Å². The number of carbonyl (C=O) groups is 2. The van der Waals surface area contributed by atoms with Crippen LogP contribution in [0.2, 0.25) is 0 Å². The van der Waals surface area contributed by atoms with Crippen LogP contribution < -0.4 is 10.6 Å². The largest absolute Gasteiger partial charge is 0.481 e. The third-order valence-electron chi connectivity index (χ3n) is 2.73. The van der Waals surface area contributed by atoms with Crippen molar-refractivity contribution in [1.82, 2.24) is 15.8 Å². The number of carboxylic acid groups (broad SMARTS) is 1. The molecule has 0 radical (unpaired) electrons. The normalized spacial score (nSPS) is 12.2. The zero-order valence-corrected chi connectivity index (χ0v) is 11.8. The van der Waals surface area contributed by atoms with E-state index in [1.807, 2.05) is 13.8 Å². The Balaban J connectivity index is 2.30. The Morgan fingerprint density at radius 1 is 1.40 bits per heavy atom. The molecular formula is C13H21N3O4. The average molecular weight is 283 g/mol. The van der Waals surface area contributed by atoms with E-state index in [1.165, 1.54) is 6.20 Å². The van der Waals surface area contributed by atoms with E-state index in [-0.39, 0.29) is 24.9 Å². The first-order valence-corrected chi connectivity index (χ1v) is 6.60. The summed E-state index contributed by atoms with van der Waals surface area (Å²) < 4.78 is 4.84. The lowest BCUT2D eigenvalue weighted by molar-refractivity contribution is -0.138. The Bertz CT molecular complexity index is 417. The van der Waals surface area contributed by atoms with Crippen LogP contribution in [-0.2, 0) is 11.3 Å². The number of nitrogens with zero attached hydrogens (tertiary/aromatic N) is 1. The molecular weight excluding hydrogens is 262 g/mol. The van der Waals surface area contributed by atoms with Crippen LogP contribution in [0, 0.1) is 11.8 Å². The molecule has 0 aromatic carbocycles. The highest BCUT2D eigenvalue weighted by atomic mass is 16.5. The molecule has 1 aromatic rings. The molecule has 0 saturated carbocycles. The number of hydrogen-bond acceptors (Lipinski definition) is 4. The van der Waals surface area contributed by atoms with E-state index in [2.05, 4.69) is 15.8 Å². The molecule has 7 heteroatoms. The summed E-state index contributed by atoms with van der Waals surface area (Å²) in [5, 5.41) is 17.7. The number of carboxylic acids is 1. The van der Waals surface area contributed by atoms with Gasteiger partial charge in [-0.2, -0.15) is 0 Å². The van der Waals surface area contributed by atoms with Gasteiger partial charge in [0.15, 0.2) is 5.76 Å². The van der Waals surface area contributed by atoms with Crippen molar-refractivity contribution >= 4 is 12.0 Å². The zero-order chi connectivity index (χ0) is 15.0. The van der Waals surface area contributed by atoms with E-state index in [9.17, 15) is 9.59 Å². The highest BCUT2D eigenvalue weighted by molar-refractivity contribution is 5.73. The first-order valence-electron chi connectivity index (χ1n) is 6.60. The van der Waals surface area contributed by atoms with Crippen molar-refractivity contribution in [2.45, 2.75) is 33.2 Å². The number of amides is 2. The van der Waals surface area contributed by atoms with Crippen molar-refractivity contribution in [3.05, 3.63) is 18.0 Å². The van der Waals surface area contributed by atoms with E-state index in [0.717, 1.165) is 6.42 Å². The maximum atomic E-state index is 11.6. The maximum Gasteiger partial charge on any atom is 0.315 e. The SMILES string of the molecule is CC(C)CC(CNC(=O)NCc1ccno1)CC(=O)O. The fraction of sp³-hybridized carbons (Fsp3) is 0.615. The average Bonchev–Trinajstić information content (AvgIpc) is 2.85. The first-order chi connectivity index (χ1) is 9.47. The van der Waals surface area contributed by atoms with Crippen LogP contribution in [0.4, 0.5) is 4.79 Å². The second kappa shape index (κ2) is 8.19. The van der Waals surface area contributed by atoms with Gasteiger partial charge in [-0.05, 0) is 18.3 Å². The summed E-state index contributed by atoms with van der Waals surface area (Å²) in [6.45, 7) is 4.64. The highest BCUT2D eigenvalue weighted by Gasteiger charge is 2.16. The van der Waals surface area contributed by atoms with Gasteiger partial charge in [0.25, 0.3) is 0 Å². The molecule has 0 aliphatic heterocycles. The maximum absolute atomic E-state index is 11.6. The first kappa shape index (κ1) is 16.0. The lowest BCUT2D eigenvalue weighted by atomic mass is 9.94. The van der Waals surface area contributed by atoms with Gasteiger partial charge in [0.1, 0.15) is 0 Å². The van der Waals surface area contributed by atoms with Gasteiger partial charge < -0.3 is 20.3 Å². The summed E-state index contributed by atoms with van der Waals surface area (Å²) >= 11 is 0. The summed E-state index contributed by atoms with van der Waals surface area (Å²) in [5.74, 6) is 0.0332. The molecule has 3 N–H and O–H groups in total. The van der Waals surface area contributed by atoms with Crippen LogP contribution >= 0.6 is 0 Å². The van der Waals surface area contributed by atoms with Gasteiger partial charge >= 0.3 is 12.0 Å². The standard InChI is InChI=1S/C13H21N3O4/c1-9(2)5-10(6-12(17)18)7-14-13(19)15-8-11-3-4-16-20-11/h3-4,9-10H,5-8H2,1-2H3,(H,17,18)(H2,14,15,19). The topological polar surface area (TPSA) is 104 Å². The van der Waals surface area contributed by atoms with Gasteiger partial charge in [-0.3, -0.25) is 4.79 Å². The van der Waals surface area contributed by atoms with Gasteiger partial charge in [-0.25, -0.2) is 4.79 Å². The van der Waals surface area contributed by atoms with Crippen molar-refractivity contribution in [3.8, 4) is 0 Å². The van der Waals surface area contributed by atoms with Crippen molar-refractivity contribution in [1.29, 1.82) is 0 Å². The van der Waals surface area contributed by atoms with Gasteiger partial charge in [0.05, 0.1) is 12.7 Å². The summed E-state index contributed by atoms with van der Waals surface area (Å²) in [4.78, 5) is 22.4. The number of nitrogens with one attached hydrogen (secondary N) is 2. The fourth-order valence-corrected chi connectivity index (χ4v) is 1.95. The summed E-state index contributed by atoms with van der Waals surface area (Å²) in [6, 6.07) is 1.31. The Morgan fingerprint density at radius 3 is 2.70 bits per heavy atom. The molecule has 0 saturated heterocycles. The number of aliphatic carboxylic acids is 1. The van der Waals surface area contributed by atoms with Crippen LogP contribution in [0.3, 0.4) is 0 Å². The highest BCUT2D eigenvalue weighted by Crippen LogP contribution is 2.14. The van der Waals surface area contributed by atoms with E-state index in [4.69, 9.17) is 9.63 Å². The van der Waals surface area contributed by atoms with Gasteiger partial charge in [0.2, 0.25) is 0 Å². The van der Waals surface area contributed by atoms with Crippen LogP contribution in [0.15, 0.2) is 16.8 Å². The molecule has 0 fully saturated rings. The third-order valence-corrected chi connectivity index (χ3v) is 2.73. The number of hydrogen-bond donors (Lipinski definition) is 3. The molecule has 0 aliphatic carbocycles. The smallest absolute Gasteiger partial charge is 0.315 e. The molecule has 0 aliphatic rings. The lowest BCUT2D eigenvalue weighted by Gasteiger charge is -2.17. The van der Waals surface area contributed by atoms with Crippen molar-refractivity contribution in [2.24, 2.45) is 11.8 Å². The molecule has 1 unspecified atom stereocenters. The predicted molar refractivity (Wildman–Crippen MR) is 71.9 cm³/mol. The molecule has 1 atom stereocenters. The molecule has 2 amide bonds. The Labute approximate surface area is 117 Å². The molecule has 0 spiro atoms.